The summed E-state index contributed by atoms with van der Waals surface area (Å²) in [5.74, 6) is 0.662. The van der Waals surface area contributed by atoms with E-state index >= 15 is 0 Å². The Balaban J connectivity index is 2.88. The Morgan fingerprint density at radius 1 is 1.21 bits per heavy atom. The van der Waals surface area contributed by atoms with Crippen LogP contribution in [-0.2, 0) is 9.59 Å². The molecule has 1 heterocycles. The number of carbonyl (C=O) groups excluding carboxylic acids is 2. The fourth-order valence-corrected chi connectivity index (χ4v) is 2.67. The zero-order chi connectivity index (χ0) is 14.6. The average Bonchev–Trinajstić information content (AvgIpc) is 2.30. The summed E-state index contributed by atoms with van der Waals surface area (Å²) in [4.78, 5) is 26.6. The minimum atomic E-state index is -0.334. The fraction of sp³-hybridized carbons (Fsp3) is 0.867. The maximum Gasteiger partial charge on any atom is 0.245 e. The third kappa shape index (κ3) is 3.95. The number of hydrogen-bond acceptors (Lipinski definition) is 2. The van der Waals surface area contributed by atoms with Gasteiger partial charge in [-0.15, -0.1) is 0 Å². The Morgan fingerprint density at radius 3 is 2.32 bits per heavy atom. The van der Waals surface area contributed by atoms with Crippen molar-refractivity contribution < 1.29 is 9.59 Å². The van der Waals surface area contributed by atoms with Crippen LogP contribution in [0.15, 0.2) is 0 Å². The monoisotopic (exact) mass is 268 g/mol. The average molecular weight is 268 g/mol. The molecule has 2 atom stereocenters. The van der Waals surface area contributed by atoms with Crippen molar-refractivity contribution in [1.29, 1.82) is 0 Å². The van der Waals surface area contributed by atoms with Gasteiger partial charge >= 0.3 is 0 Å². The SMILES string of the molecule is CCCCN1C(=O)C(CC(C)C)NC(=O)C1C(C)C. The van der Waals surface area contributed by atoms with Crippen LogP contribution in [0.4, 0.5) is 0 Å². The molecule has 0 spiro atoms. The van der Waals surface area contributed by atoms with Gasteiger partial charge in [0.25, 0.3) is 0 Å². The molecule has 0 bridgehead atoms. The standard InChI is InChI=1S/C15H28N2O2/c1-6-7-8-17-13(11(4)5)14(18)16-12(15(17)19)9-10(2)3/h10-13H,6-9H2,1-5H3,(H,16,18). The lowest BCUT2D eigenvalue weighted by molar-refractivity contribution is -0.151. The van der Waals surface area contributed by atoms with E-state index in [1.807, 2.05) is 13.8 Å². The molecule has 2 unspecified atom stereocenters. The van der Waals surface area contributed by atoms with Gasteiger partial charge in [-0.3, -0.25) is 9.59 Å². The second-order valence-corrected chi connectivity index (χ2v) is 6.26. The Labute approximate surface area is 116 Å². The van der Waals surface area contributed by atoms with Crippen molar-refractivity contribution in [2.45, 2.75) is 66.0 Å². The molecule has 1 N–H and O–H groups in total. The van der Waals surface area contributed by atoms with Crippen LogP contribution < -0.4 is 5.32 Å². The molecule has 19 heavy (non-hydrogen) atoms. The molecule has 1 saturated heterocycles. The van der Waals surface area contributed by atoms with Crippen LogP contribution in [0.2, 0.25) is 0 Å². The van der Waals surface area contributed by atoms with E-state index in [2.05, 4.69) is 26.1 Å². The first-order valence-electron chi connectivity index (χ1n) is 7.49. The van der Waals surface area contributed by atoms with Crippen LogP contribution in [0.1, 0.15) is 53.9 Å². The second kappa shape index (κ2) is 6.92. The zero-order valence-electron chi connectivity index (χ0n) is 12.9. The van der Waals surface area contributed by atoms with Gasteiger partial charge in [-0.2, -0.15) is 0 Å². The van der Waals surface area contributed by atoms with Crippen molar-refractivity contribution in [3.63, 3.8) is 0 Å². The molecule has 1 aliphatic rings. The molecule has 0 saturated carbocycles. The van der Waals surface area contributed by atoms with Gasteiger partial charge in [0.05, 0.1) is 0 Å². The van der Waals surface area contributed by atoms with E-state index < -0.39 is 0 Å². The lowest BCUT2D eigenvalue weighted by atomic mass is 9.93. The highest BCUT2D eigenvalue weighted by molar-refractivity contribution is 5.97. The molecule has 0 radical (unpaired) electrons. The van der Waals surface area contributed by atoms with Crippen molar-refractivity contribution in [3.05, 3.63) is 0 Å². The lowest BCUT2D eigenvalue weighted by Gasteiger charge is -2.41. The summed E-state index contributed by atoms with van der Waals surface area (Å²) in [6.07, 6.45) is 2.71. The quantitative estimate of drug-likeness (QED) is 0.802. The van der Waals surface area contributed by atoms with Crippen molar-refractivity contribution in [1.82, 2.24) is 10.2 Å². The van der Waals surface area contributed by atoms with Crippen LogP contribution >= 0.6 is 0 Å². The highest BCUT2D eigenvalue weighted by atomic mass is 16.2. The maximum absolute atomic E-state index is 12.5. The first-order chi connectivity index (χ1) is 8.88. The molecule has 2 amide bonds. The van der Waals surface area contributed by atoms with Crippen molar-refractivity contribution >= 4 is 11.8 Å². The van der Waals surface area contributed by atoms with Gasteiger partial charge in [-0.1, -0.05) is 41.0 Å². The summed E-state index contributed by atoms with van der Waals surface area (Å²) in [5.41, 5.74) is 0. The van der Waals surface area contributed by atoms with Crippen LogP contribution in [0, 0.1) is 11.8 Å². The van der Waals surface area contributed by atoms with Crippen LogP contribution in [-0.4, -0.2) is 35.3 Å². The van der Waals surface area contributed by atoms with Gasteiger partial charge in [0.1, 0.15) is 12.1 Å². The molecule has 1 fully saturated rings. The summed E-state index contributed by atoms with van der Waals surface area (Å²) < 4.78 is 0. The Kier molecular flexibility index (Phi) is 5.83. The third-order valence-corrected chi connectivity index (χ3v) is 3.59. The molecular formula is C15H28N2O2. The van der Waals surface area contributed by atoms with Crippen LogP contribution in [0.25, 0.3) is 0 Å². The Hall–Kier alpha value is -1.06. The minimum Gasteiger partial charge on any atom is -0.342 e. The van der Waals surface area contributed by atoms with Gasteiger partial charge in [-0.05, 0) is 24.7 Å². The molecule has 0 aliphatic carbocycles. The molecular weight excluding hydrogens is 240 g/mol. The number of unbranched alkanes of at least 4 members (excludes halogenated alkanes) is 1. The lowest BCUT2D eigenvalue weighted by Crippen LogP contribution is -2.65. The van der Waals surface area contributed by atoms with E-state index in [0.29, 0.717) is 12.5 Å². The summed E-state index contributed by atoms with van der Waals surface area (Å²) in [7, 11) is 0. The van der Waals surface area contributed by atoms with Crippen molar-refractivity contribution in [2.75, 3.05) is 6.54 Å². The van der Waals surface area contributed by atoms with Gasteiger partial charge in [0.15, 0.2) is 0 Å². The molecule has 1 rings (SSSR count). The van der Waals surface area contributed by atoms with E-state index in [-0.39, 0.29) is 29.8 Å². The van der Waals surface area contributed by atoms with E-state index in [1.165, 1.54) is 0 Å². The van der Waals surface area contributed by atoms with Gasteiger partial charge in [0, 0.05) is 6.54 Å². The van der Waals surface area contributed by atoms with Crippen molar-refractivity contribution in [3.8, 4) is 0 Å². The molecule has 110 valence electrons. The van der Waals surface area contributed by atoms with Crippen LogP contribution in [0.3, 0.4) is 0 Å². The predicted molar refractivity (Wildman–Crippen MR) is 76.6 cm³/mol. The number of amides is 2. The maximum atomic E-state index is 12.5. The number of hydrogen-bond donors (Lipinski definition) is 1. The summed E-state index contributed by atoms with van der Waals surface area (Å²) in [5, 5.41) is 2.91. The largest absolute Gasteiger partial charge is 0.342 e. The molecule has 4 heteroatoms. The van der Waals surface area contributed by atoms with E-state index in [9.17, 15) is 9.59 Å². The first kappa shape index (κ1) is 16.0. The number of rotatable bonds is 6. The first-order valence-corrected chi connectivity index (χ1v) is 7.49. The smallest absolute Gasteiger partial charge is 0.245 e. The normalized spacial score (nSPS) is 24.3. The molecule has 0 aromatic heterocycles. The summed E-state index contributed by atoms with van der Waals surface area (Å²) in [6, 6.07) is -0.637. The third-order valence-electron chi connectivity index (χ3n) is 3.59. The molecule has 4 nitrogen and oxygen atoms in total. The van der Waals surface area contributed by atoms with E-state index in [1.54, 1.807) is 4.90 Å². The Morgan fingerprint density at radius 2 is 1.84 bits per heavy atom. The van der Waals surface area contributed by atoms with Gasteiger partial charge in [0.2, 0.25) is 11.8 Å². The van der Waals surface area contributed by atoms with Crippen LogP contribution in [0.5, 0.6) is 0 Å². The fourth-order valence-electron chi connectivity index (χ4n) is 2.67. The zero-order valence-corrected chi connectivity index (χ0v) is 12.9. The highest BCUT2D eigenvalue weighted by Gasteiger charge is 2.41. The highest BCUT2D eigenvalue weighted by Crippen LogP contribution is 2.21. The minimum absolute atomic E-state index is 0.0105. The van der Waals surface area contributed by atoms with Gasteiger partial charge in [-0.25, -0.2) is 0 Å². The molecule has 1 aliphatic heterocycles. The molecule has 0 aromatic rings. The number of nitrogens with one attached hydrogen (secondary N) is 1. The topological polar surface area (TPSA) is 49.4 Å². The molecule has 0 aromatic carbocycles. The van der Waals surface area contributed by atoms with Gasteiger partial charge < -0.3 is 10.2 Å². The number of nitrogens with zero attached hydrogens (tertiary/aromatic N) is 1. The van der Waals surface area contributed by atoms with E-state index in [0.717, 1.165) is 19.3 Å². The second-order valence-electron chi connectivity index (χ2n) is 6.26. The van der Waals surface area contributed by atoms with Crippen molar-refractivity contribution in [2.24, 2.45) is 11.8 Å². The van der Waals surface area contributed by atoms with E-state index in [4.69, 9.17) is 0 Å². The number of carbonyl (C=O) groups is 2. The number of piperazine rings is 1. The summed E-state index contributed by atoms with van der Waals surface area (Å²) in [6.45, 7) is 10.9. The predicted octanol–water partition coefficient (Wildman–Crippen LogP) is 2.18. The Bertz CT molecular complexity index is 326. The summed E-state index contributed by atoms with van der Waals surface area (Å²) >= 11 is 0.